The number of nitrogens with two attached hydrogens (primary N) is 1. The molecule has 26 heavy (non-hydrogen) atoms. The normalized spacial score (nSPS) is 23.7. The number of rotatable bonds is 7. The SMILES string of the molecule is CC1=C[C@@H]2CN(C(=O)N2O[C@H](F)C(=O)OC(C(C)C)C(C)C)[C@@H]1C(N)=O. The minimum atomic E-state index is -2.44. The zero-order chi connectivity index (χ0) is 19.8. The first-order chi connectivity index (χ1) is 12.0. The molecule has 0 aromatic heterocycles. The third kappa shape index (κ3) is 3.82. The summed E-state index contributed by atoms with van der Waals surface area (Å²) in [5, 5.41) is 0.762. The van der Waals surface area contributed by atoms with Crippen LogP contribution in [0.25, 0.3) is 0 Å². The van der Waals surface area contributed by atoms with Gasteiger partial charge in [0, 0.05) is 0 Å². The molecule has 0 aromatic carbocycles. The maximum absolute atomic E-state index is 14.3. The summed E-state index contributed by atoms with van der Waals surface area (Å²) in [6.45, 7) is 9.25. The van der Waals surface area contributed by atoms with Gasteiger partial charge in [-0.3, -0.25) is 4.79 Å². The minimum absolute atomic E-state index is 0.00630. The fourth-order valence-corrected chi connectivity index (χ4v) is 3.47. The van der Waals surface area contributed by atoms with Crippen molar-refractivity contribution in [2.75, 3.05) is 6.54 Å². The molecule has 3 amide bonds. The smallest absolute Gasteiger partial charge is 0.371 e. The van der Waals surface area contributed by atoms with Crippen LogP contribution in [-0.2, 0) is 19.2 Å². The van der Waals surface area contributed by atoms with Crippen molar-refractivity contribution < 1.29 is 28.3 Å². The number of hydrogen-bond donors (Lipinski definition) is 1. The Morgan fingerprint density at radius 3 is 2.35 bits per heavy atom. The van der Waals surface area contributed by atoms with E-state index in [2.05, 4.69) is 0 Å². The second-order valence-electron chi connectivity index (χ2n) is 7.35. The van der Waals surface area contributed by atoms with Gasteiger partial charge in [0.1, 0.15) is 12.1 Å². The van der Waals surface area contributed by atoms with Crippen LogP contribution in [0.5, 0.6) is 0 Å². The first kappa shape index (κ1) is 20.2. The molecule has 0 aliphatic carbocycles. The molecule has 8 nitrogen and oxygen atoms in total. The number of hydroxylamine groups is 2. The predicted octanol–water partition coefficient (Wildman–Crippen LogP) is 1.36. The van der Waals surface area contributed by atoms with E-state index in [4.69, 9.17) is 15.3 Å². The maximum atomic E-state index is 14.3. The van der Waals surface area contributed by atoms with Crippen LogP contribution in [0.1, 0.15) is 34.6 Å². The zero-order valence-corrected chi connectivity index (χ0v) is 15.6. The first-order valence-corrected chi connectivity index (χ1v) is 8.63. The van der Waals surface area contributed by atoms with Gasteiger partial charge in [-0.2, -0.15) is 5.06 Å². The molecule has 1 saturated heterocycles. The molecule has 9 heteroatoms. The minimum Gasteiger partial charge on any atom is -0.458 e. The standard InChI is InChI=1S/C17H26FN3O5/c1-8(2)13(9(3)4)25-16(23)14(18)26-21-11-6-10(5)12(15(19)22)20(7-11)17(21)24/h6,8-9,11-14H,7H2,1-5H3,(H2,19,22)/t11-,12+,14+/m1/s1. The monoisotopic (exact) mass is 371 g/mol. The lowest BCUT2D eigenvalue weighted by Gasteiger charge is -2.27. The van der Waals surface area contributed by atoms with Gasteiger partial charge < -0.3 is 15.4 Å². The van der Waals surface area contributed by atoms with Crippen molar-refractivity contribution in [2.45, 2.75) is 59.2 Å². The largest absolute Gasteiger partial charge is 0.458 e. The number of esters is 1. The van der Waals surface area contributed by atoms with E-state index < -0.39 is 42.5 Å². The van der Waals surface area contributed by atoms with Crippen molar-refractivity contribution >= 4 is 17.9 Å². The highest BCUT2D eigenvalue weighted by atomic mass is 19.1. The molecule has 0 spiro atoms. The fraction of sp³-hybridized carbons (Fsp3) is 0.706. The van der Waals surface area contributed by atoms with Gasteiger partial charge in [-0.05, 0) is 24.3 Å². The van der Waals surface area contributed by atoms with E-state index >= 15 is 0 Å². The van der Waals surface area contributed by atoms with Crippen molar-refractivity contribution in [1.29, 1.82) is 0 Å². The Kier molecular flexibility index (Phi) is 5.90. The number of hydrogen-bond acceptors (Lipinski definition) is 5. The molecule has 3 atom stereocenters. The molecule has 2 bridgehead atoms. The number of primary amides is 1. The van der Waals surface area contributed by atoms with Crippen LogP contribution < -0.4 is 5.73 Å². The van der Waals surface area contributed by atoms with Crippen molar-refractivity contribution in [1.82, 2.24) is 9.96 Å². The van der Waals surface area contributed by atoms with Crippen LogP contribution in [0.4, 0.5) is 9.18 Å². The first-order valence-electron chi connectivity index (χ1n) is 8.63. The van der Waals surface area contributed by atoms with Gasteiger partial charge >= 0.3 is 18.4 Å². The second kappa shape index (κ2) is 7.61. The second-order valence-corrected chi connectivity index (χ2v) is 7.35. The summed E-state index contributed by atoms with van der Waals surface area (Å²) < 4.78 is 19.5. The highest BCUT2D eigenvalue weighted by Crippen LogP contribution is 2.30. The summed E-state index contributed by atoms with van der Waals surface area (Å²) in [6, 6.07) is -2.22. The van der Waals surface area contributed by atoms with Crippen LogP contribution in [0.2, 0.25) is 0 Å². The van der Waals surface area contributed by atoms with E-state index in [1.54, 1.807) is 13.0 Å². The lowest BCUT2D eigenvalue weighted by atomic mass is 9.96. The fourth-order valence-electron chi connectivity index (χ4n) is 3.47. The number of alkyl halides is 1. The van der Waals surface area contributed by atoms with Gasteiger partial charge in [0.05, 0.1) is 12.6 Å². The topological polar surface area (TPSA) is 102 Å². The summed E-state index contributed by atoms with van der Waals surface area (Å²) in [7, 11) is 0. The number of amides is 3. The van der Waals surface area contributed by atoms with Crippen LogP contribution in [0.3, 0.4) is 0 Å². The van der Waals surface area contributed by atoms with Crippen LogP contribution in [0, 0.1) is 11.8 Å². The molecule has 0 saturated carbocycles. The summed E-state index contributed by atoms with van der Waals surface area (Å²) in [6.07, 6.45) is -1.30. The number of ether oxygens (including phenoxy) is 1. The number of carbonyl (C=O) groups excluding carboxylic acids is 3. The van der Waals surface area contributed by atoms with Crippen molar-refractivity contribution in [2.24, 2.45) is 17.6 Å². The third-order valence-corrected chi connectivity index (χ3v) is 4.54. The molecule has 2 heterocycles. The lowest BCUT2D eigenvalue weighted by molar-refractivity contribution is -0.228. The molecule has 1 fully saturated rings. The molecule has 2 aliphatic heterocycles. The lowest BCUT2D eigenvalue weighted by Crippen LogP contribution is -2.48. The highest BCUT2D eigenvalue weighted by molar-refractivity contribution is 5.90. The van der Waals surface area contributed by atoms with Gasteiger partial charge in [0.15, 0.2) is 0 Å². The highest BCUT2D eigenvalue weighted by Gasteiger charge is 2.48. The van der Waals surface area contributed by atoms with E-state index in [9.17, 15) is 18.8 Å². The van der Waals surface area contributed by atoms with Crippen LogP contribution in [-0.4, -0.2) is 59.0 Å². The van der Waals surface area contributed by atoms with E-state index in [1.807, 2.05) is 27.7 Å². The Morgan fingerprint density at radius 1 is 1.27 bits per heavy atom. The van der Waals surface area contributed by atoms with E-state index in [1.165, 1.54) is 4.90 Å². The van der Waals surface area contributed by atoms with Crippen LogP contribution in [0.15, 0.2) is 11.6 Å². The quantitative estimate of drug-likeness (QED) is 0.538. The number of halogens is 1. The maximum Gasteiger partial charge on any atom is 0.371 e. The molecular formula is C17H26FN3O5. The van der Waals surface area contributed by atoms with Gasteiger partial charge in [-0.25, -0.2) is 18.8 Å². The van der Waals surface area contributed by atoms with Gasteiger partial charge in [-0.15, -0.1) is 0 Å². The molecular weight excluding hydrogens is 345 g/mol. The van der Waals surface area contributed by atoms with E-state index in [0.29, 0.717) is 5.57 Å². The number of nitrogens with zero attached hydrogens (tertiary/aromatic N) is 2. The van der Waals surface area contributed by atoms with Crippen molar-refractivity contribution in [3.8, 4) is 0 Å². The number of carbonyl (C=O) groups is 3. The summed E-state index contributed by atoms with van der Waals surface area (Å²) in [5.74, 6) is -1.85. The molecule has 0 aromatic rings. The molecule has 2 aliphatic rings. The average molecular weight is 371 g/mol. The third-order valence-electron chi connectivity index (χ3n) is 4.54. The van der Waals surface area contributed by atoms with Gasteiger partial charge in [-0.1, -0.05) is 33.8 Å². The molecule has 146 valence electrons. The van der Waals surface area contributed by atoms with Crippen molar-refractivity contribution in [3.63, 3.8) is 0 Å². The summed E-state index contributed by atoms with van der Waals surface area (Å²) in [4.78, 5) is 42.1. The zero-order valence-electron chi connectivity index (χ0n) is 15.6. The van der Waals surface area contributed by atoms with Gasteiger partial charge in [0.2, 0.25) is 5.91 Å². The predicted molar refractivity (Wildman–Crippen MR) is 90.0 cm³/mol. The molecule has 2 N–H and O–H groups in total. The molecule has 2 rings (SSSR count). The van der Waals surface area contributed by atoms with E-state index in [0.717, 1.165) is 5.06 Å². The van der Waals surface area contributed by atoms with Crippen molar-refractivity contribution in [3.05, 3.63) is 11.6 Å². The van der Waals surface area contributed by atoms with Gasteiger partial charge in [0.25, 0.3) is 0 Å². The summed E-state index contributed by atoms with van der Waals surface area (Å²) in [5.41, 5.74) is 5.90. The Hall–Kier alpha value is -2.16. The average Bonchev–Trinajstić information content (AvgIpc) is 2.76. The Morgan fingerprint density at radius 2 is 1.85 bits per heavy atom. The number of fused-ring (bicyclic) bond motifs is 2. The Balaban J connectivity index is 2.06. The Labute approximate surface area is 152 Å². The molecule has 0 unspecified atom stereocenters. The summed E-state index contributed by atoms with van der Waals surface area (Å²) >= 11 is 0. The van der Waals surface area contributed by atoms with E-state index in [-0.39, 0.29) is 18.4 Å². The van der Waals surface area contributed by atoms with Crippen LogP contribution >= 0.6 is 0 Å². The molecule has 0 radical (unpaired) electrons. The number of urea groups is 1. The Bertz CT molecular complexity index is 614.